The lowest BCUT2D eigenvalue weighted by Crippen LogP contribution is -2.45. The molecule has 30 heavy (non-hydrogen) atoms. The zero-order valence-electron chi connectivity index (χ0n) is 18.7. The molecule has 0 spiro atoms. The number of nitrogens with zero attached hydrogens (tertiary/aromatic N) is 3. The average Bonchev–Trinajstić information content (AvgIpc) is 2.81. The van der Waals surface area contributed by atoms with Gasteiger partial charge in [0.05, 0.1) is 17.3 Å². The monoisotopic (exact) mass is 411 g/mol. The van der Waals surface area contributed by atoms with Crippen molar-refractivity contribution in [2.45, 2.75) is 52.6 Å². The zero-order chi connectivity index (χ0) is 22.7. The number of hydrogen-bond acceptors (Lipinski definition) is 4. The van der Waals surface area contributed by atoms with Crippen LogP contribution >= 0.6 is 0 Å². The molecular weight excluding hydrogens is 378 g/mol. The minimum absolute atomic E-state index is 0.0463. The highest BCUT2D eigenvalue weighted by Crippen LogP contribution is 2.25. The van der Waals surface area contributed by atoms with Crippen molar-refractivity contribution >= 4 is 11.8 Å². The van der Waals surface area contributed by atoms with E-state index in [2.05, 4.69) is 23.9 Å². The number of likely N-dealkylation sites (N-methyl/N-ethyl adjacent to an activating group) is 1. The molecule has 1 saturated heterocycles. The van der Waals surface area contributed by atoms with Crippen LogP contribution in [0.4, 0.5) is 0 Å². The Morgan fingerprint density at radius 1 is 1.20 bits per heavy atom. The standard InChI is InChI=1S/C21H26N2O2.C3H7NO/c1-5-11-18-19(6-2)22(4)20(24)16(3)23(21(18)25)15-10-14-17-12-8-7-9-13-17;1-3(2)4-5/h5-9,11-13,16H,1,10,14-15H2,2-4H3;3H,1-2H3/b18-11+,19-6+;. The molecule has 1 aromatic carbocycles. The van der Waals surface area contributed by atoms with Crippen molar-refractivity contribution < 1.29 is 9.59 Å². The number of benzene rings is 1. The fourth-order valence-corrected chi connectivity index (χ4v) is 3.17. The van der Waals surface area contributed by atoms with Gasteiger partial charge in [0.15, 0.2) is 0 Å². The first-order valence-corrected chi connectivity index (χ1v) is 10.2. The summed E-state index contributed by atoms with van der Waals surface area (Å²) in [4.78, 5) is 38.2. The molecule has 1 fully saturated rings. The van der Waals surface area contributed by atoms with Crippen molar-refractivity contribution in [3.05, 3.63) is 76.9 Å². The van der Waals surface area contributed by atoms with Gasteiger partial charge in [-0.3, -0.25) is 9.59 Å². The van der Waals surface area contributed by atoms with Crippen LogP contribution in [0.2, 0.25) is 0 Å². The maximum absolute atomic E-state index is 13.0. The van der Waals surface area contributed by atoms with Gasteiger partial charge in [0.1, 0.15) is 6.04 Å². The molecular formula is C24H33N3O3. The maximum atomic E-state index is 13.0. The Hall–Kier alpha value is -3.02. The lowest BCUT2D eigenvalue weighted by molar-refractivity contribution is -0.138. The summed E-state index contributed by atoms with van der Waals surface area (Å²) in [5.74, 6) is -0.195. The van der Waals surface area contributed by atoms with E-state index in [9.17, 15) is 14.5 Å². The molecule has 2 rings (SSSR count). The Morgan fingerprint density at radius 2 is 1.80 bits per heavy atom. The quantitative estimate of drug-likeness (QED) is 0.512. The zero-order valence-corrected chi connectivity index (χ0v) is 18.7. The van der Waals surface area contributed by atoms with E-state index in [1.54, 1.807) is 55.8 Å². The van der Waals surface area contributed by atoms with Gasteiger partial charge in [0, 0.05) is 13.6 Å². The van der Waals surface area contributed by atoms with Gasteiger partial charge in [-0.2, -0.15) is 4.91 Å². The summed E-state index contributed by atoms with van der Waals surface area (Å²) >= 11 is 0. The smallest absolute Gasteiger partial charge is 0.256 e. The van der Waals surface area contributed by atoms with Crippen LogP contribution in [0, 0.1) is 4.91 Å². The van der Waals surface area contributed by atoms with E-state index in [0.29, 0.717) is 17.8 Å². The summed E-state index contributed by atoms with van der Waals surface area (Å²) < 4.78 is 0. The Balaban J connectivity index is 0.000000804. The van der Waals surface area contributed by atoms with Crippen molar-refractivity contribution in [1.82, 2.24) is 9.80 Å². The Kier molecular flexibility index (Phi) is 10.4. The molecule has 6 heteroatoms. The SMILES string of the molecule is C=C/C=C1/C(=O)N(CCCc2ccccc2)C(C)C(=O)N(C)/C1=C/C.CC(C)N=O. The molecule has 0 radical (unpaired) electrons. The normalized spacial score (nSPS) is 19.6. The van der Waals surface area contributed by atoms with Crippen molar-refractivity contribution in [1.29, 1.82) is 0 Å². The minimum atomic E-state index is -0.487. The first-order chi connectivity index (χ1) is 14.3. The van der Waals surface area contributed by atoms with E-state index >= 15 is 0 Å². The van der Waals surface area contributed by atoms with E-state index in [0.717, 1.165) is 12.8 Å². The molecule has 0 saturated carbocycles. The Labute approximate surface area is 179 Å². The summed E-state index contributed by atoms with van der Waals surface area (Å²) in [6.07, 6.45) is 6.75. The maximum Gasteiger partial charge on any atom is 0.256 e. The van der Waals surface area contributed by atoms with Gasteiger partial charge in [-0.15, -0.1) is 0 Å². The third kappa shape index (κ3) is 6.79. The van der Waals surface area contributed by atoms with E-state index in [4.69, 9.17) is 0 Å². The second kappa shape index (κ2) is 12.5. The number of amides is 2. The van der Waals surface area contributed by atoms with Gasteiger partial charge in [-0.1, -0.05) is 54.2 Å². The molecule has 1 aliphatic rings. The number of nitroso groups, excluding NO2 is 1. The van der Waals surface area contributed by atoms with Gasteiger partial charge in [-0.25, -0.2) is 0 Å². The van der Waals surface area contributed by atoms with E-state index in [1.165, 1.54) is 5.56 Å². The van der Waals surface area contributed by atoms with Crippen LogP contribution in [0.5, 0.6) is 0 Å². The molecule has 1 aromatic rings. The molecule has 6 nitrogen and oxygen atoms in total. The molecule has 0 aliphatic carbocycles. The third-order valence-corrected chi connectivity index (χ3v) is 4.76. The van der Waals surface area contributed by atoms with Gasteiger partial charge in [0.2, 0.25) is 5.91 Å². The first kappa shape index (κ1) is 25.0. The van der Waals surface area contributed by atoms with Crippen LogP contribution in [-0.4, -0.2) is 47.3 Å². The topological polar surface area (TPSA) is 70.1 Å². The van der Waals surface area contributed by atoms with E-state index in [-0.39, 0.29) is 17.9 Å². The lowest BCUT2D eigenvalue weighted by atomic mass is 10.1. The molecule has 1 atom stereocenters. The van der Waals surface area contributed by atoms with Crippen LogP contribution in [0.3, 0.4) is 0 Å². The largest absolute Gasteiger partial charge is 0.327 e. The molecule has 1 heterocycles. The molecule has 1 unspecified atom stereocenters. The predicted molar refractivity (Wildman–Crippen MR) is 122 cm³/mol. The molecule has 1 aliphatic heterocycles. The Bertz CT molecular complexity index is 797. The summed E-state index contributed by atoms with van der Waals surface area (Å²) in [6.45, 7) is 11.4. The highest BCUT2D eigenvalue weighted by atomic mass is 16.3. The highest BCUT2D eigenvalue weighted by molar-refractivity contribution is 6.04. The van der Waals surface area contributed by atoms with E-state index in [1.807, 2.05) is 25.1 Å². The number of rotatable bonds is 6. The van der Waals surface area contributed by atoms with Gasteiger partial charge in [-0.05, 0) is 52.2 Å². The van der Waals surface area contributed by atoms with Crippen molar-refractivity contribution in [3.63, 3.8) is 0 Å². The van der Waals surface area contributed by atoms with Crippen molar-refractivity contribution in [3.8, 4) is 0 Å². The molecule has 0 N–H and O–H groups in total. The summed E-state index contributed by atoms with van der Waals surface area (Å²) in [5.41, 5.74) is 2.38. The number of carbonyl (C=O) groups excluding carboxylic acids is 2. The van der Waals surface area contributed by atoms with Gasteiger partial charge < -0.3 is 9.80 Å². The number of hydrogen-bond donors (Lipinski definition) is 0. The summed E-state index contributed by atoms with van der Waals surface area (Å²) in [6, 6.07) is 9.63. The first-order valence-electron chi connectivity index (χ1n) is 10.2. The predicted octanol–water partition coefficient (Wildman–Crippen LogP) is 4.49. The molecule has 162 valence electrons. The number of allylic oxidation sites excluding steroid dienone is 3. The van der Waals surface area contributed by atoms with Crippen molar-refractivity contribution in [2.75, 3.05) is 13.6 Å². The third-order valence-electron chi connectivity index (χ3n) is 4.76. The lowest BCUT2D eigenvalue weighted by Gasteiger charge is -2.26. The molecule has 0 bridgehead atoms. The fraction of sp³-hybridized carbons (Fsp3) is 0.417. The van der Waals surface area contributed by atoms with Gasteiger partial charge >= 0.3 is 0 Å². The second-order valence-corrected chi connectivity index (χ2v) is 7.35. The van der Waals surface area contributed by atoms with Crippen LogP contribution in [0.15, 0.2) is 71.6 Å². The Morgan fingerprint density at radius 3 is 2.30 bits per heavy atom. The summed E-state index contributed by atoms with van der Waals surface area (Å²) in [7, 11) is 1.71. The molecule has 0 aromatic heterocycles. The number of carbonyl (C=O) groups is 2. The second-order valence-electron chi connectivity index (χ2n) is 7.35. The van der Waals surface area contributed by atoms with Crippen LogP contribution in [0.25, 0.3) is 0 Å². The number of aryl methyl sites for hydroxylation is 1. The fourth-order valence-electron chi connectivity index (χ4n) is 3.17. The van der Waals surface area contributed by atoms with Crippen LogP contribution in [-0.2, 0) is 16.0 Å². The van der Waals surface area contributed by atoms with Crippen LogP contribution in [0.1, 0.15) is 39.7 Å². The van der Waals surface area contributed by atoms with Crippen LogP contribution < -0.4 is 0 Å². The van der Waals surface area contributed by atoms with Crippen molar-refractivity contribution in [2.24, 2.45) is 5.18 Å². The van der Waals surface area contributed by atoms with Gasteiger partial charge in [0.25, 0.3) is 5.91 Å². The van der Waals surface area contributed by atoms with E-state index < -0.39 is 6.04 Å². The summed E-state index contributed by atoms with van der Waals surface area (Å²) in [5, 5.41) is 2.64. The minimum Gasteiger partial charge on any atom is -0.327 e. The molecule has 2 amide bonds. The highest BCUT2D eigenvalue weighted by Gasteiger charge is 2.36. The average molecular weight is 412 g/mol.